The first-order valence-corrected chi connectivity index (χ1v) is 5.74. The Bertz CT molecular complexity index is 516. The highest BCUT2D eigenvalue weighted by molar-refractivity contribution is 5.33. The van der Waals surface area contributed by atoms with Gasteiger partial charge < -0.3 is 10.0 Å². The lowest BCUT2D eigenvalue weighted by Crippen LogP contribution is -2.19. The van der Waals surface area contributed by atoms with Gasteiger partial charge in [0.25, 0.3) is 0 Å². The zero-order valence-corrected chi connectivity index (χ0v) is 10.5. The molecule has 0 fully saturated rings. The molecule has 94 valence electrons. The lowest BCUT2D eigenvalue weighted by atomic mass is 10.2. The molecule has 0 amide bonds. The van der Waals surface area contributed by atoms with Gasteiger partial charge in [-0.05, 0) is 18.6 Å². The van der Waals surface area contributed by atoms with Crippen molar-refractivity contribution in [3.8, 4) is 0 Å². The molecule has 0 saturated carbocycles. The van der Waals surface area contributed by atoms with Gasteiger partial charge in [-0.1, -0.05) is 6.07 Å². The van der Waals surface area contributed by atoms with Crippen molar-refractivity contribution in [2.24, 2.45) is 0 Å². The quantitative estimate of drug-likeness (QED) is 0.878. The number of hydrogen-bond donors (Lipinski definition) is 1. The molecule has 0 unspecified atom stereocenters. The summed E-state index contributed by atoms with van der Waals surface area (Å²) in [6, 6.07) is 3.92. The van der Waals surface area contributed by atoms with E-state index in [0.29, 0.717) is 12.5 Å². The summed E-state index contributed by atoms with van der Waals surface area (Å²) < 4.78 is 0. The third-order valence-electron chi connectivity index (χ3n) is 2.72. The second-order valence-corrected chi connectivity index (χ2v) is 4.16. The lowest BCUT2D eigenvalue weighted by molar-refractivity contribution is 0.280. The maximum atomic E-state index is 9.08. The molecule has 2 aromatic heterocycles. The van der Waals surface area contributed by atoms with Crippen LogP contribution in [0.4, 0.5) is 5.95 Å². The smallest absolute Gasteiger partial charge is 0.225 e. The van der Waals surface area contributed by atoms with Crippen molar-refractivity contribution in [1.82, 2.24) is 15.0 Å². The third-order valence-corrected chi connectivity index (χ3v) is 2.72. The molecule has 5 heteroatoms. The summed E-state index contributed by atoms with van der Waals surface area (Å²) in [4.78, 5) is 14.6. The van der Waals surface area contributed by atoms with Crippen LogP contribution in [0.25, 0.3) is 0 Å². The first-order valence-electron chi connectivity index (χ1n) is 5.74. The van der Waals surface area contributed by atoms with Crippen LogP contribution < -0.4 is 4.90 Å². The zero-order chi connectivity index (χ0) is 13.0. The topological polar surface area (TPSA) is 62.1 Å². The van der Waals surface area contributed by atoms with Gasteiger partial charge in [-0.3, -0.25) is 4.98 Å². The molecule has 1 N–H and O–H groups in total. The van der Waals surface area contributed by atoms with Gasteiger partial charge in [-0.2, -0.15) is 0 Å². The molecule has 0 aliphatic carbocycles. The maximum absolute atomic E-state index is 9.08. The van der Waals surface area contributed by atoms with Crippen LogP contribution in [0.2, 0.25) is 0 Å². The van der Waals surface area contributed by atoms with Gasteiger partial charge in [0.1, 0.15) is 0 Å². The van der Waals surface area contributed by atoms with E-state index >= 15 is 0 Å². The summed E-state index contributed by atoms with van der Waals surface area (Å²) in [7, 11) is 1.93. The number of aromatic nitrogens is 3. The monoisotopic (exact) mass is 244 g/mol. The molecule has 0 aromatic carbocycles. The van der Waals surface area contributed by atoms with Gasteiger partial charge in [0.2, 0.25) is 5.95 Å². The molecule has 18 heavy (non-hydrogen) atoms. The number of rotatable bonds is 4. The normalized spacial score (nSPS) is 10.4. The largest absolute Gasteiger partial charge is 0.392 e. The highest BCUT2D eigenvalue weighted by atomic mass is 16.3. The van der Waals surface area contributed by atoms with E-state index in [9.17, 15) is 0 Å². The van der Waals surface area contributed by atoms with Gasteiger partial charge in [0.05, 0.1) is 6.61 Å². The average molecular weight is 244 g/mol. The number of aryl methyl sites for hydroxylation is 1. The van der Waals surface area contributed by atoms with Crippen LogP contribution in [0.15, 0.2) is 30.7 Å². The summed E-state index contributed by atoms with van der Waals surface area (Å²) in [5.41, 5.74) is 2.67. The van der Waals surface area contributed by atoms with Gasteiger partial charge >= 0.3 is 0 Å². The van der Waals surface area contributed by atoms with Gasteiger partial charge in [0, 0.05) is 43.4 Å². The predicted octanol–water partition coefficient (Wildman–Crippen LogP) is 1.31. The SMILES string of the molecule is Cc1nc(N(C)Cc2cccnc2)ncc1CO. The van der Waals surface area contributed by atoms with Crippen molar-refractivity contribution in [1.29, 1.82) is 0 Å². The second kappa shape index (κ2) is 5.55. The Hall–Kier alpha value is -2.01. The van der Waals surface area contributed by atoms with E-state index < -0.39 is 0 Å². The minimum atomic E-state index is -0.0293. The van der Waals surface area contributed by atoms with Crippen molar-refractivity contribution >= 4 is 5.95 Å². The van der Waals surface area contributed by atoms with Crippen LogP contribution in [0.1, 0.15) is 16.8 Å². The molecule has 0 spiro atoms. The highest BCUT2D eigenvalue weighted by Gasteiger charge is 2.07. The van der Waals surface area contributed by atoms with E-state index in [-0.39, 0.29) is 6.61 Å². The molecule has 0 aliphatic heterocycles. The molecule has 2 aromatic rings. The number of anilines is 1. The summed E-state index contributed by atoms with van der Waals surface area (Å²) >= 11 is 0. The van der Waals surface area contributed by atoms with Crippen LogP contribution in [0.5, 0.6) is 0 Å². The molecule has 0 aliphatic rings. The fourth-order valence-corrected chi connectivity index (χ4v) is 1.66. The fraction of sp³-hybridized carbons (Fsp3) is 0.308. The van der Waals surface area contributed by atoms with Gasteiger partial charge in [-0.25, -0.2) is 9.97 Å². The standard InChI is InChI=1S/C13H16N4O/c1-10-12(9-18)7-15-13(16-10)17(2)8-11-4-3-5-14-6-11/h3-7,18H,8-9H2,1-2H3. The van der Waals surface area contributed by atoms with Crippen LogP contribution in [-0.2, 0) is 13.2 Å². The molecular formula is C13H16N4O. The molecule has 5 nitrogen and oxygen atoms in total. The number of aliphatic hydroxyl groups is 1. The minimum absolute atomic E-state index is 0.0293. The van der Waals surface area contributed by atoms with Crippen molar-refractivity contribution in [3.63, 3.8) is 0 Å². The fourth-order valence-electron chi connectivity index (χ4n) is 1.66. The second-order valence-electron chi connectivity index (χ2n) is 4.16. The molecular weight excluding hydrogens is 228 g/mol. The average Bonchev–Trinajstić information content (AvgIpc) is 2.39. The van der Waals surface area contributed by atoms with E-state index in [1.54, 1.807) is 12.4 Å². The van der Waals surface area contributed by atoms with Crippen molar-refractivity contribution in [2.45, 2.75) is 20.1 Å². The Labute approximate surface area is 106 Å². The third kappa shape index (κ3) is 2.81. The first-order chi connectivity index (χ1) is 8.70. The summed E-state index contributed by atoms with van der Waals surface area (Å²) in [6.07, 6.45) is 5.24. The maximum Gasteiger partial charge on any atom is 0.225 e. The summed E-state index contributed by atoms with van der Waals surface area (Å²) in [5, 5.41) is 9.08. The van der Waals surface area contributed by atoms with E-state index in [1.165, 1.54) is 0 Å². The number of nitrogens with zero attached hydrogens (tertiary/aromatic N) is 4. The van der Waals surface area contributed by atoms with E-state index in [1.807, 2.05) is 37.2 Å². The molecule has 2 rings (SSSR count). The van der Waals surface area contributed by atoms with Crippen molar-refractivity contribution in [3.05, 3.63) is 47.5 Å². The lowest BCUT2D eigenvalue weighted by Gasteiger charge is -2.17. The Morgan fingerprint density at radius 2 is 2.17 bits per heavy atom. The van der Waals surface area contributed by atoms with Crippen LogP contribution in [0, 0.1) is 6.92 Å². The van der Waals surface area contributed by atoms with Crippen molar-refractivity contribution < 1.29 is 5.11 Å². The van der Waals surface area contributed by atoms with E-state index in [4.69, 9.17) is 5.11 Å². The minimum Gasteiger partial charge on any atom is -0.392 e. The van der Waals surface area contributed by atoms with E-state index in [2.05, 4.69) is 15.0 Å². The number of aliphatic hydroxyl groups excluding tert-OH is 1. The Morgan fingerprint density at radius 3 is 2.78 bits per heavy atom. The Kier molecular flexibility index (Phi) is 3.84. The highest BCUT2D eigenvalue weighted by Crippen LogP contribution is 2.12. The summed E-state index contributed by atoms with van der Waals surface area (Å²) in [5.74, 6) is 0.647. The Morgan fingerprint density at radius 1 is 1.33 bits per heavy atom. The van der Waals surface area contributed by atoms with Crippen LogP contribution >= 0.6 is 0 Å². The molecule has 0 bridgehead atoms. The summed E-state index contributed by atoms with van der Waals surface area (Å²) in [6.45, 7) is 2.54. The zero-order valence-electron chi connectivity index (χ0n) is 10.5. The van der Waals surface area contributed by atoms with Gasteiger partial charge in [0.15, 0.2) is 0 Å². The van der Waals surface area contributed by atoms with Crippen LogP contribution in [-0.4, -0.2) is 27.1 Å². The molecule has 0 saturated heterocycles. The molecule has 0 atom stereocenters. The molecule has 2 heterocycles. The van der Waals surface area contributed by atoms with Crippen molar-refractivity contribution in [2.75, 3.05) is 11.9 Å². The predicted molar refractivity (Wildman–Crippen MR) is 69.0 cm³/mol. The Balaban J connectivity index is 2.14. The van der Waals surface area contributed by atoms with Crippen LogP contribution in [0.3, 0.4) is 0 Å². The van der Waals surface area contributed by atoms with Gasteiger partial charge in [-0.15, -0.1) is 0 Å². The van der Waals surface area contributed by atoms with E-state index in [0.717, 1.165) is 16.8 Å². The number of hydrogen-bond acceptors (Lipinski definition) is 5. The number of pyridine rings is 1. The first kappa shape index (κ1) is 12.4. The molecule has 0 radical (unpaired) electrons.